The quantitative estimate of drug-likeness (QED) is 0.940. The maximum atomic E-state index is 12.7. The van der Waals surface area contributed by atoms with Gasteiger partial charge >= 0.3 is 6.03 Å². The van der Waals surface area contributed by atoms with Crippen LogP contribution in [0.1, 0.15) is 43.3 Å². The van der Waals surface area contributed by atoms with Gasteiger partial charge in [-0.2, -0.15) is 0 Å². The van der Waals surface area contributed by atoms with Gasteiger partial charge in [0.1, 0.15) is 11.5 Å². The summed E-state index contributed by atoms with van der Waals surface area (Å²) in [4.78, 5) is 14.6. The van der Waals surface area contributed by atoms with E-state index < -0.39 is 0 Å². The lowest BCUT2D eigenvalue weighted by molar-refractivity contribution is 0.189. The molecule has 1 fully saturated rings. The van der Waals surface area contributed by atoms with Crippen LogP contribution >= 0.6 is 0 Å². The van der Waals surface area contributed by atoms with E-state index in [1.165, 1.54) is 5.56 Å². The van der Waals surface area contributed by atoms with E-state index in [1.807, 2.05) is 36.1 Å². The van der Waals surface area contributed by atoms with Gasteiger partial charge in [-0.15, -0.1) is 0 Å². The van der Waals surface area contributed by atoms with Gasteiger partial charge in [0.05, 0.1) is 12.6 Å². The van der Waals surface area contributed by atoms with Gasteiger partial charge in [0.15, 0.2) is 0 Å². The maximum Gasteiger partial charge on any atom is 0.318 e. The lowest BCUT2D eigenvalue weighted by atomic mass is 9.89. The van der Waals surface area contributed by atoms with Gasteiger partial charge in [0.25, 0.3) is 0 Å². The summed E-state index contributed by atoms with van der Waals surface area (Å²) >= 11 is 0. The summed E-state index contributed by atoms with van der Waals surface area (Å²) in [5.74, 6) is 0.749. The molecule has 3 rings (SSSR count). The topological polar surface area (TPSA) is 58.4 Å². The van der Waals surface area contributed by atoms with Crippen LogP contribution < -0.4 is 5.32 Å². The Kier molecular flexibility index (Phi) is 4.11. The summed E-state index contributed by atoms with van der Waals surface area (Å²) in [6.07, 6.45) is 0.966. The van der Waals surface area contributed by atoms with Crippen LogP contribution in [0.4, 0.5) is 4.79 Å². The fourth-order valence-corrected chi connectivity index (χ4v) is 3.22. The first-order valence-corrected chi connectivity index (χ1v) is 7.96. The highest BCUT2D eigenvalue weighted by molar-refractivity contribution is 5.75. The number of nitrogens with zero attached hydrogens (tertiary/aromatic N) is 2. The Morgan fingerprint density at radius 1 is 1.39 bits per heavy atom. The number of amides is 2. The fourth-order valence-electron chi connectivity index (χ4n) is 3.22. The third-order valence-electron chi connectivity index (χ3n) is 4.26. The molecule has 122 valence electrons. The van der Waals surface area contributed by atoms with E-state index in [9.17, 15) is 4.79 Å². The van der Waals surface area contributed by atoms with Crippen LogP contribution in [0, 0.1) is 12.3 Å². The third kappa shape index (κ3) is 3.55. The average molecular weight is 313 g/mol. The summed E-state index contributed by atoms with van der Waals surface area (Å²) in [5, 5.41) is 6.87. The Hall–Kier alpha value is -2.30. The zero-order valence-electron chi connectivity index (χ0n) is 13.9. The molecule has 1 aliphatic rings. The maximum absolute atomic E-state index is 12.7. The molecule has 23 heavy (non-hydrogen) atoms. The normalized spacial score (nSPS) is 19.8. The molecule has 1 saturated heterocycles. The van der Waals surface area contributed by atoms with E-state index in [0.717, 1.165) is 24.4 Å². The Morgan fingerprint density at radius 3 is 2.78 bits per heavy atom. The predicted molar refractivity (Wildman–Crippen MR) is 87.8 cm³/mol. The van der Waals surface area contributed by atoms with Crippen molar-refractivity contribution in [2.45, 2.75) is 39.8 Å². The van der Waals surface area contributed by atoms with E-state index >= 15 is 0 Å². The molecule has 1 aromatic carbocycles. The molecule has 2 amide bonds. The van der Waals surface area contributed by atoms with Crippen molar-refractivity contribution in [3.05, 3.63) is 53.4 Å². The minimum atomic E-state index is -0.0509. The molecule has 1 aromatic heterocycles. The van der Waals surface area contributed by atoms with Crippen molar-refractivity contribution in [2.24, 2.45) is 5.41 Å². The molecule has 0 bridgehead atoms. The van der Waals surface area contributed by atoms with Crippen molar-refractivity contribution in [2.75, 3.05) is 6.54 Å². The van der Waals surface area contributed by atoms with E-state index in [1.54, 1.807) is 0 Å². The molecule has 0 saturated carbocycles. The Labute approximate surface area is 136 Å². The highest BCUT2D eigenvalue weighted by Crippen LogP contribution is 2.42. The minimum Gasteiger partial charge on any atom is -0.361 e. The molecule has 0 radical (unpaired) electrons. The van der Waals surface area contributed by atoms with Crippen molar-refractivity contribution in [1.82, 2.24) is 15.4 Å². The highest BCUT2D eigenvalue weighted by Gasteiger charge is 2.40. The Bertz CT molecular complexity index is 679. The first-order chi connectivity index (χ1) is 10.9. The molecule has 5 heteroatoms. The van der Waals surface area contributed by atoms with Gasteiger partial charge < -0.3 is 14.7 Å². The molecule has 1 N–H and O–H groups in total. The van der Waals surface area contributed by atoms with Gasteiger partial charge in [0.2, 0.25) is 0 Å². The van der Waals surface area contributed by atoms with E-state index in [2.05, 4.69) is 36.5 Å². The van der Waals surface area contributed by atoms with E-state index in [0.29, 0.717) is 6.54 Å². The fraction of sp³-hybridized carbons (Fsp3) is 0.444. The van der Waals surface area contributed by atoms with Gasteiger partial charge in [-0.25, -0.2) is 4.79 Å². The number of aromatic nitrogens is 1. The van der Waals surface area contributed by atoms with Crippen molar-refractivity contribution in [3.63, 3.8) is 0 Å². The third-order valence-corrected chi connectivity index (χ3v) is 4.26. The zero-order valence-corrected chi connectivity index (χ0v) is 13.9. The first-order valence-electron chi connectivity index (χ1n) is 7.96. The average Bonchev–Trinajstić information content (AvgIpc) is 3.08. The van der Waals surface area contributed by atoms with Crippen molar-refractivity contribution >= 4 is 6.03 Å². The molecule has 1 unspecified atom stereocenters. The number of rotatable bonds is 3. The second-order valence-electron chi connectivity index (χ2n) is 7.01. The molecular formula is C18H23N3O2. The molecule has 0 aliphatic carbocycles. The van der Waals surface area contributed by atoms with Gasteiger partial charge in [-0.05, 0) is 24.3 Å². The van der Waals surface area contributed by atoms with Gasteiger partial charge in [0, 0.05) is 12.6 Å². The summed E-state index contributed by atoms with van der Waals surface area (Å²) in [6, 6.07) is 12.1. The Morgan fingerprint density at radius 2 is 2.13 bits per heavy atom. The van der Waals surface area contributed by atoms with Crippen LogP contribution in [-0.2, 0) is 6.54 Å². The first kappa shape index (κ1) is 15.6. The number of hydrogen-bond donors (Lipinski definition) is 1. The molecule has 2 heterocycles. The number of carbonyl (C=O) groups is 1. The van der Waals surface area contributed by atoms with Crippen LogP contribution in [0.2, 0.25) is 0 Å². The smallest absolute Gasteiger partial charge is 0.318 e. The van der Waals surface area contributed by atoms with Crippen LogP contribution in [0.5, 0.6) is 0 Å². The van der Waals surface area contributed by atoms with E-state index in [-0.39, 0.29) is 17.5 Å². The molecule has 5 nitrogen and oxygen atoms in total. The molecule has 0 spiro atoms. The summed E-state index contributed by atoms with van der Waals surface area (Å²) < 4.78 is 5.03. The number of benzene rings is 1. The van der Waals surface area contributed by atoms with Crippen molar-refractivity contribution in [3.8, 4) is 0 Å². The molecule has 1 aliphatic heterocycles. The minimum absolute atomic E-state index is 0.0509. The summed E-state index contributed by atoms with van der Waals surface area (Å²) in [7, 11) is 0. The second-order valence-corrected chi connectivity index (χ2v) is 7.01. The van der Waals surface area contributed by atoms with Gasteiger partial charge in [-0.3, -0.25) is 0 Å². The second kappa shape index (κ2) is 6.07. The summed E-state index contributed by atoms with van der Waals surface area (Å²) in [5.41, 5.74) is 2.04. The molecule has 1 atom stereocenters. The van der Waals surface area contributed by atoms with Crippen LogP contribution in [0.15, 0.2) is 40.9 Å². The Balaban J connectivity index is 1.71. The van der Waals surface area contributed by atoms with Crippen molar-refractivity contribution < 1.29 is 9.32 Å². The van der Waals surface area contributed by atoms with Crippen molar-refractivity contribution in [1.29, 1.82) is 0 Å². The number of carbonyl (C=O) groups excluding carboxylic acids is 1. The van der Waals surface area contributed by atoms with Crippen LogP contribution in [0.25, 0.3) is 0 Å². The number of aryl methyl sites for hydroxylation is 1. The van der Waals surface area contributed by atoms with Crippen LogP contribution in [-0.4, -0.2) is 22.6 Å². The van der Waals surface area contributed by atoms with Gasteiger partial charge in [-0.1, -0.05) is 49.3 Å². The lowest BCUT2D eigenvalue weighted by Gasteiger charge is -2.25. The predicted octanol–water partition coefficient (Wildman–Crippen LogP) is 3.67. The largest absolute Gasteiger partial charge is 0.361 e. The highest BCUT2D eigenvalue weighted by atomic mass is 16.5. The number of urea groups is 1. The standard InChI is InChI=1S/C18H23N3O2/c1-13-9-15(20-23-13)11-19-17(22)21-12-18(2,3)10-16(21)14-7-5-4-6-8-14/h4-9,16H,10-12H2,1-3H3,(H,19,22). The monoisotopic (exact) mass is 313 g/mol. The number of likely N-dealkylation sites (tertiary alicyclic amines) is 1. The summed E-state index contributed by atoms with van der Waals surface area (Å²) in [6.45, 7) is 7.38. The van der Waals surface area contributed by atoms with Crippen LogP contribution in [0.3, 0.4) is 0 Å². The molecule has 2 aromatic rings. The number of hydrogen-bond acceptors (Lipinski definition) is 3. The zero-order chi connectivity index (χ0) is 16.4. The van der Waals surface area contributed by atoms with E-state index in [4.69, 9.17) is 4.52 Å². The lowest BCUT2D eigenvalue weighted by Crippen LogP contribution is -2.40. The SMILES string of the molecule is Cc1cc(CNC(=O)N2CC(C)(C)CC2c2ccccc2)no1. The molecular weight excluding hydrogens is 290 g/mol. The number of nitrogens with one attached hydrogen (secondary N) is 1.